The zero-order chi connectivity index (χ0) is 11.4. The molecule has 0 fully saturated rings. The van der Waals surface area contributed by atoms with Crippen LogP contribution < -0.4 is 14.9 Å². The number of benzene rings is 1. The van der Waals surface area contributed by atoms with E-state index in [2.05, 4.69) is 0 Å². The van der Waals surface area contributed by atoms with Crippen LogP contribution in [0, 0.1) is 0 Å². The van der Waals surface area contributed by atoms with Crippen LogP contribution in [-0.4, -0.2) is 30.9 Å². The van der Waals surface area contributed by atoms with Crippen molar-refractivity contribution in [3.8, 4) is 11.5 Å². The maximum absolute atomic E-state index is 9.06. The Morgan fingerprint density at radius 1 is 1.40 bits per heavy atom. The molecule has 82 valence electrons. The van der Waals surface area contributed by atoms with E-state index in [9.17, 15) is 0 Å². The summed E-state index contributed by atoms with van der Waals surface area (Å²) in [5, 5.41) is 18.4. The van der Waals surface area contributed by atoms with E-state index in [1.807, 2.05) is 6.92 Å². The first-order valence-electron chi connectivity index (χ1n) is 4.47. The van der Waals surface area contributed by atoms with Crippen LogP contribution in [0.3, 0.4) is 0 Å². The van der Waals surface area contributed by atoms with Crippen molar-refractivity contribution in [1.29, 1.82) is 0 Å². The average Bonchev–Trinajstić information content (AvgIpc) is 2.20. The minimum atomic E-state index is -1.62. The van der Waals surface area contributed by atoms with Crippen LogP contribution in [0.5, 0.6) is 11.5 Å². The highest BCUT2D eigenvalue weighted by Gasteiger charge is 2.21. The third-order valence-electron chi connectivity index (χ3n) is 1.87. The molecule has 1 rings (SSSR count). The predicted octanol–water partition coefficient (Wildman–Crippen LogP) is 0.427. The number of halogens is 1. The molecular formula is C9H12BClO4. The van der Waals surface area contributed by atoms with E-state index in [0.29, 0.717) is 12.4 Å². The highest BCUT2D eigenvalue weighted by atomic mass is 35.5. The van der Waals surface area contributed by atoms with Crippen LogP contribution in [0.15, 0.2) is 12.1 Å². The molecule has 1 aromatic carbocycles. The maximum atomic E-state index is 9.06. The molecule has 0 spiro atoms. The molecule has 1 aromatic rings. The summed E-state index contributed by atoms with van der Waals surface area (Å²) in [7, 11) is -0.212. The molecular weight excluding hydrogens is 218 g/mol. The van der Waals surface area contributed by atoms with Crippen molar-refractivity contribution >= 4 is 24.2 Å². The van der Waals surface area contributed by atoms with Gasteiger partial charge < -0.3 is 19.5 Å². The van der Waals surface area contributed by atoms with Crippen molar-refractivity contribution in [3.05, 3.63) is 17.2 Å². The summed E-state index contributed by atoms with van der Waals surface area (Å²) in [6, 6.07) is 3.07. The molecule has 0 radical (unpaired) electrons. The fourth-order valence-corrected chi connectivity index (χ4v) is 1.53. The molecule has 0 aromatic heterocycles. The molecule has 0 saturated carbocycles. The van der Waals surface area contributed by atoms with Gasteiger partial charge in [-0.15, -0.1) is 0 Å². The summed E-state index contributed by atoms with van der Waals surface area (Å²) in [5.41, 5.74) is 0.214. The van der Waals surface area contributed by atoms with Crippen LogP contribution in [0.2, 0.25) is 5.02 Å². The van der Waals surface area contributed by atoms with Crippen LogP contribution >= 0.6 is 11.6 Å². The summed E-state index contributed by atoms with van der Waals surface area (Å²) in [4.78, 5) is 0. The van der Waals surface area contributed by atoms with Crippen molar-refractivity contribution in [2.75, 3.05) is 13.7 Å². The molecule has 15 heavy (non-hydrogen) atoms. The first-order valence-corrected chi connectivity index (χ1v) is 4.84. The molecule has 0 heterocycles. The van der Waals surface area contributed by atoms with E-state index in [4.69, 9.17) is 31.1 Å². The lowest BCUT2D eigenvalue weighted by Crippen LogP contribution is -2.31. The second-order valence-corrected chi connectivity index (χ2v) is 3.18. The summed E-state index contributed by atoms with van der Waals surface area (Å²) in [5.74, 6) is 0.679. The molecule has 0 amide bonds. The molecule has 6 heteroatoms. The van der Waals surface area contributed by atoms with Crippen LogP contribution in [0.1, 0.15) is 6.92 Å². The van der Waals surface area contributed by atoms with E-state index < -0.39 is 7.12 Å². The molecule has 0 atom stereocenters. The first kappa shape index (κ1) is 12.2. The van der Waals surface area contributed by atoms with Gasteiger partial charge in [-0.05, 0) is 13.0 Å². The normalized spacial score (nSPS) is 9.93. The van der Waals surface area contributed by atoms with Crippen molar-refractivity contribution < 1.29 is 19.5 Å². The molecule has 0 unspecified atom stereocenters. The van der Waals surface area contributed by atoms with Crippen molar-refractivity contribution in [2.45, 2.75) is 6.92 Å². The Morgan fingerprint density at radius 2 is 2.07 bits per heavy atom. The fraction of sp³-hybridized carbons (Fsp3) is 0.333. The minimum Gasteiger partial charge on any atom is -0.495 e. The van der Waals surface area contributed by atoms with Crippen molar-refractivity contribution in [2.24, 2.45) is 0 Å². The number of rotatable bonds is 4. The van der Waals surface area contributed by atoms with Gasteiger partial charge in [-0.2, -0.15) is 0 Å². The smallest absolute Gasteiger partial charge is 0.492 e. The van der Waals surface area contributed by atoms with Gasteiger partial charge in [0.2, 0.25) is 0 Å². The van der Waals surface area contributed by atoms with Crippen LogP contribution in [-0.2, 0) is 0 Å². The Morgan fingerprint density at radius 3 is 2.53 bits per heavy atom. The van der Waals surface area contributed by atoms with Gasteiger partial charge in [-0.1, -0.05) is 17.7 Å². The van der Waals surface area contributed by atoms with Gasteiger partial charge in [-0.3, -0.25) is 0 Å². The molecule has 0 saturated heterocycles. The largest absolute Gasteiger partial charge is 0.495 e. The second-order valence-electron chi connectivity index (χ2n) is 2.81. The van der Waals surface area contributed by atoms with Crippen molar-refractivity contribution in [3.63, 3.8) is 0 Å². The monoisotopic (exact) mass is 230 g/mol. The lowest BCUT2D eigenvalue weighted by molar-refractivity contribution is 0.336. The van der Waals surface area contributed by atoms with Gasteiger partial charge in [0, 0.05) is 5.46 Å². The first-order chi connectivity index (χ1) is 7.11. The van der Waals surface area contributed by atoms with E-state index >= 15 is 0 Å². The number of ether oxygens (including phenoxy) is 2. The highest BCUT2D eigenvalue weighted by molar-refractivity contribution is 6.60. The minimum absolute atomic E-state index is 0.214. The summed E-state index contributed by atoms with van der Waals surface area (Å²) < 4.78 is 10.2. The van der Waals surface area contributed by atoms with Gasteiger partial charge >= 0.3 is 7.12 Å². The second kappa shape index (κ2) is 5.25. The van der Waals surface area contributed by atoms with Gasteiger partial charge in [0.05, 0.1) is 13.7 Å². The number of methoxy groups -OCH3 is 1. The fourth-order valence-electron chi connectivity index (χ4n) is 1.23. The SMILES string of the molecule is CCOc1ccc(B(O)O)c(OC)c1Cl. The lowest BCUT2D eigenvalue weighted by Gasteiger charge is -2.13. The third-order valence-corrected chi connectivity index (χ3v) is 2.23. The summed E-state index contributed by atoms with van der Waals surface area (Å²) >= 11 is 5.96. The Labute approximate surface area is 93.5 Å². The van der Waals surface area contributed by atoms with E-state index in [1.165, 1.54) is 13.2 Å². The predicted molar refractivity (Wildman–Crippen MR) is 59.0 cm³/mol. The van der Waals surface area contributed by atoms with Gasteiger partial charge in [0.25, 0.3) is 0 Å². The summed E-state index contributed by atoms with van der Waals surface area (Å²) in [6.07, 6.45) is 0. The van der Waals surface area contributed by atoms with Crippen molar-refractivity contribution in [1.82, 2.24) is 0 Å². The summed E-state index contributed by atoms with van der Waals surface area (Å²) in [6.45, 7) is 2.31. The third kappa shape index (κ3) is 2.56. The topological polar surface area (TPSA) is 58.9 Å². The molecule has 0 aliphatic rings. The molecule has 4 nitrogen and oxygen atoms in total. The van der Waals surface area contributed by atoms with Gasteiger partial charge in [-0.25, -0.2) is 0 Å². The Balaban J connectivity index is 3.20. The molecule has 0 aliphatic heterocycles. The number of hydrogen-bond acceptors (Lipinski definition) is 4. The van der Waals surface area contributed by atoms with E-state index in [0.717, 1.165) is 0 Å². The van der Waals surface area contributed by atoms with Crippen LogP contribution in [0.25, 0.3) is 0 Å². The lowest BCUT2D eigenvalue weighted by atomic mass is 9.79. The Bertz CT molecular complexity index is 343. The van der Waals surface area contributed by atoms with E-state index in [-0.39, 0.29) is 16.2 Å². The molecule has 2 N–H and O–H groups in total. The maximum Gasteiger partial charge on any atom is 0.492 e. The molecule has 0 aliphatic carbocycles. The average molecular weight is 230 g/mol. The number of hydrogen-bond donors (Lipinski definition) is 2. The van der Waals surface area contributed by atoms with Crippen LogP contribution in [0.4, 0.5) is 0 Å². The molecule has 0 bridgehead atoms. The van der Waals surface area contributed by atoms with Gasteiger partial charge in [0.15, 0.2) is 0 Å². The zero-order valence-electron chi connectivity index (χ0n) is 8.53. The standard InChI is InChI=1S/C9H12BClO4/c1-3-15-7-5-4-6(10(12)13)9(14-2)8(7)11/h4-5,12-13H,3H2,1-2H3. The Kier molecular flexibility index (Phi) is 4.26. The van der Waals surface area contributed by atoms with E-state index in [1.54, 1.807) is 6.07 Å². The highest BCUT2D eigenvalue weighted by Crippen LogP contribution is 2.32. The zero-order valence-corrected chi connectivity index (χ0v) is 9.28. The van der Waals surface area contributed by atoms with Gasteiger partial charge in [0.1, 0.15) is 16.5 Å². The quantitative estimate of drug-likeness (QED) is 0.737. The Hall–Kier alpha value is -0.905.